The van der Waals surface area contributed by atoms with Crippen molar-refractivity contribution in [3.63, 3.8) is 0 Å². The first-order valence-electron chi connectivity index (χ1n) is 7.34. The van der Waals surface area contributed by atoms with Gasteiger partial charge in [-0.1, -0.05) is 12.1 Å². The second kappa shape index (κ2) is 6.37. The molecular formula is C16H20N2O5. The first kappa shape index (κ1) is 17.0. The summed E-state index contributed by atoms with van der Waals surface area (Å²) in [5, 5.41) is 20.9. The van der Waals surface area contributed by atoms with E-state index in [-0.39, 0.29) is 17.4 Å². The Morgan fingerprint density at radius 1 is 1.30 bits per heavy atom. The van der Waals surface area contributed by atoms with Gasteiger partial charge in [-0.25, -0.2) is 4.79 Å². The maximum Gasteiger partial charge on any atom is 0.337 e. The average molecular weight is 320 g/mol. The van der Waals surface area contributed by atoms with Crippen molar-refractivity contribution in [2.75, 3.05) is 18.5 Å². The first-order chi connectivity index (χ1) is 10.7. The van der Waals surface area contributed by atoms with Crippen LogP contribution in [0.1, 0.15) is 30.1 Å². The Hall–Kier alpha value is -2.41. The molecule has 0 bridgehead atoms. The fourth-order valence-corrected chi connectivity index (χ4v) is 2.10. The monoisotopic (exact) mass is 320 g/mol. The van der Waals surface area contributed by atoms with E-state index in [1.165, 1.54) is 4.90 Å². The van der Waals surface area contributed by atoms with Crippen LogP contribution < -0.4 is 10.2 Å². The largest absolute Gasteiger partial charge is 0.479 e. The van der Waals surface area contributed by atoms with Gasteiger partial charge in [-0.15, -0.1) is 0 Å². The third-order valence-corrected chi connectivity index (χ3v) is 3.82. The van der Waals surface area contributed by atoms with Gasteiger partial charge < -0.3 is 20.4 Å². The van der Waals surface area contributed by atoms with Crippen LogP contribution in [0.2, 0.25) is 0 Å². The van der Waals surface area contributed by atoms with E-state index in [1.54, 1.807) is 31.3 Å². The van der Waals surface area contributed by atoms with Gasteiger partial charge in [0, 0.05) is 13.0 Å². The van der Waals surface area contributed by atoms with E-state index in [2.05, 4.69) is 5.32 Å². The molecule has 0 radical (unpaired) electrons. The molecule has 0 aromatic heterocycles. The van der Waals surface area contributed by atoms with Crippen molar-refractivity contribution in [3.05, 3.63) is 29.8 Å². The number of amides is 2. The molecular weight excluding hydrogens is 300 g/mol. The van der Waals surface area contributed by atoms with Crippen molar-refractivity contribution in [1.29, 1.82) is 0 Å². The summed E-state index contributed by atoms with van der Waals surface area (Å²) in [5.74, 6) is -1.99. The van der Waals surface area contributed by atoms with Gasteiger partial charge in [0.25, 0.3) is 5.91 Å². The molecule has 1 saturated carbocycles. The fourth-order valence-electron chi connectivity index (χ4n) is 2.10. The molecule has 1 aliphatic carbocycles. The minimum atomic E-state index is -2.06. The Kier molecular flexibility index (Phi) is 4.70. The molecule has 7 heteroatoms. The van der Waals surface area contributed by atoms with Crippen molar-refractivity contribution in [3.8, 4) is 0 Å². The van der Waals surface area contributed by atoms with Crippen LogP contribution in [0.15, 0.2) is 24.3 Å². The van der Waals surface area contributed by atoms with E-state index in [9.17, 15) is 19.5 Å². The number of nitrogens with zero attached hydrogens (tertiary/aromatic N) is 1. The van der Waals surface area contributed by atoms with Gasteiger partial charge in [0.2, 0.25) is 5.91 Å². The number of hydrogen-bond acceptors (Lipinski definition) is 4. The van der Waals surface area contributed by atoms with Gasteiger partial charge in [0.15, 0.2) is 5.60 Å². The lowest BCUT2D eigenvalue weighted by molar-refractivity contribution is -0.155. The normalized spacial score (nSPS) is 16.3. The number of carbonyl (C=O) groups excluding carboxylic acids is 2. The van der Waals surface area contributed by atoms with E-state index in [4.69, 9.17) is 5.11 Å². The zero-order valence-corrected chi connectivity index (χ0v) is 13.1. The van der Waals surface area contributed by atoms with E-state index in [0.29, 0.717) is 5.69 Å². The third-order valence-electron chi connectivity index (χ3n) is 3.82. The molecule has 1 unspecified atom stereocenters. The summed E-state index contributed by atoms with van der Waals surface area (Å²) < 4.78 is 0. The van der Waals surface area contributed by atoms with Crippen LogP contribution in [0.25, 0.3) is 0 Å². The second-order valence-electron chi connectivity index (χ2n) is 5.95. The predicted octanol–water partition coefficient (Wildman–Crippen LogP) is 0.625. The van der Waals surface area contributed by atoms with Crippen LogP contribution in [0, 0.1) is 5.92 Å². The minimum Gasteiger partial charge on any atom is -0.479 e. The maximum atomic E-state index is 12.3. The number of aliphatic carboxylic acids is 1. The highest BCUT2D eigenvalue weighted by molar-refractivity contribution is 6.05. The van der Waals surface area contributed by atoms with Gasteiger partial charge in [-0.05, 0) is 31.9 Å². The highest BCUT2D eigenvalue weighted by Gasteiger charge is 2.34. The Morgan fingerprint density at radius 3 is 2.48 bits per heavy atom. The summed E-state index contributed by atoms with van der Waals surface area (Å²) >= 11 is 0. The van der Waals surface area contributed by atoms with Gasteiger partial charge >= 0.3 is 5.97 Å². The number of carboxylic acids is 1. The molecule has 3 N–H and O–H groups in total. The van der Waals surface area contributed by atoms with Crippen molar-refractivity contribution in [2.45, 2.75) is 25.4 Å². The average Bonchev–Trinajstić information content (AvgIpc) is 3.36. The van der Waals surface area contributed by atoms with Crippen LogP contribution in [0.4, 0.5) is 5.69 Å². The molecule has 1 aliphatic rings. The number of anilines is 1. The van der Waals surface area contributed by atoms with Crippen LogP contribution in [-0.2, 0) is 9.59 Å². The molecule has 23 heavy (non-hydrogen) atoms. The van der Waals surface area contributed by atoms with Crippen LogP contribution in [-0.4, -0.2) is 47.2 Å². The summed E-state index contributed by atoms with van der Waals surface area (Å²) in [6.45, 7) is 0.667. The number of nitrogens with one attached hydrogen (secondary N) is 1. The van der Waals surface area contributed by atoms with Crippen LogP contribution in [0.3, 0.4) is 0 Å². The SMILES string of the molecule is CN(C(=O)C1CC1)c1ccccc1C(=O)NCC(C)(O)C(=O)O. The van der Waals surface area contributed by atoms with Gasteiger partial charge in [0.05, 0.1) is 17.8 Å². The van der Waals surface area contributed by atoms with E-state index in [0.717, 1.165) is 19.8 Å². The number of carboxylic acid groups (broad SMARTS) is 1. The Balaban J connectivity index is 2.14. The quantitative estimate of drug-likeness (QED) is 0.712. The van der Waals surface area contributed by atoms with Crippen molar-refractivity contribution in [1.82, 2.24) is 5.32 Å². The fraction of sp³-hybridized carbons (Fsp3) is 0.438. The lowest BCUT2D eigenvalue weighted by Crippen LogP contribution is -2.46. The molecule has 1 aromatic carbocycles. The Labute approximate surface area is 133 Å². The Bertz CT molecular complexity index is 637. The van der Waals surface area contributed by atoms with Crippen molar-refractivity contribution in [2.24, 2.45) is 5.92 Å². The predicted molar refractivity (Wildman–Crippen MR) is 83.2 cm³/mol. The molecule has 0 heterocycles. The van der Waals surface area contributed by atoms with Gasteiger partial charge in [0.1, 0.15) is 0 Å². The molecule has 2 amide bonds. The topological polar surface area (TPSA) is 107 Å². The number of rotatable bonds is 6. The van der Waals surface area contributed by atoms with E-state index in [1.807, 2.05) is 0 Å². The maximum absolute atomic E-state index is 12.3. The van der Waals surface area contributed by atoms with Gasteiger partial charge in [-0.3, -0.25) is 9.59 Å². The second-order valence-corrected chi connectivity index (χ2v) is 5.95. The lowest BCUT2D eigenvalue weighted by atomic mass is 10.1. The number of aliphatic hydroxyl groups is 1. The number of para-hydroxylation sites is 1. The highest BCUT2D eigenvalue weighted by Crippen LogP contribution is 2.33. The summed E-state index contributed by atoms with van der Waals surface area (Å²) in [6.07, 6.45) is 1.72. The smallest absolute Gasteiger partial charge is 0.337 e. The number of benzene rings is 1. The van der Waals surface area contributed by atoms with Crippen LogP contribution in [0.5, 0.6) is 0 Å². The molecule has 124 valence electrons. The summed E-state index contributed by atoms with van der Waals surface area (Å²) in [5.41, 5.74) is -1.34. The van der Waals surface area contributed by atoms with Crippen molar-refractivity contribution < 1.29 is 24.6 Å². The minimum absolute atomic E-state index is 0.0175. The molecule has 2 rings (SSSR count). The number of hydrogen-bond donors (Lipinski definition) is 3. The number of carbonyl (C=O) groups is 3. The highest BCUT2D eigenvalue weighted by atomic mass is 16.4. The lowest BCUT2D eigenvalue weighted by Gasteiger charge is -2.22. The molecule has 7 nitrogen and oxygen atoms in total. The molecule has 1 aromatic rings. The van der Waals surface area contributed by atoms with Gasteiger partial charge in [-0.2, -0.15) is 0 Å². The molecule has 0 saturated heterocycles. The van der Waals surface area contributed by atoms with E-state index < -0.39 is 24.0 Å². The molecule has 1 fully saturated rings. The summed E-state index contributed by atoms with van der Waals surface area (Å²) in [4.78, 5) is 36.8. The summed E-state index contributed by atoms with van der Waals surface area (Å²) in [7, 11) is 1.61. The third kappa shape index (κ3) is 3.87. The van der Waals surface area contributed by atoms with Crippen molar-refractivity contribution >= 4 is 23.5 Å². The zero-order valence-electron chi connectivity index (χ0n) is 13.1. The summed E-state index contributed by atoms with van der Waals surface area (Å²) in [6, 6.07) is 6.58. The first-order valence-corrected chi connectivity index (χ1v) is 7.34. The Morgan fingerprint density at radius 2 is 1.91 bits per heavy atom. The molecule has 1 atom stereocenters. The van der Waals surface area contributed by atoms with Crippen LogP contribution >= 0.6 is 0 Å². The van der Waals surface area contributed by atoms with E-state index >= 15 is 0 Å². The molecule has 0 aliphatic heterocycles. The molecule has 0 spiro atoms. The standard InChI is InChI=1S/C16H20N2O5/c1-16(23,15(21)22)9-17-13(19)11-5-3-4-6-12(11)18(2)14(20)10-7-8-10/h3-6,10,23H,7-9H2,1-2H3,(H,17,19)(H,21,22). The zero-order chi connectivity index (χ0) is 17.2.